The summed E-state index contributed by atoms with van der Waals surface area (Å²) in [5.41, 5.74) is 0. The van der Waals surface area contributed by atoms with Crippen LogP contribution in [0.5, 0.6) is 0 Å². The molecule has 1 aliphatic carbocycles. The molecule has 0 amide bonds. The van der Waals surface area contributed by atoms with Gasteiger partial charge >= 0.3 is 5.97 Å². The summed E-state index contributed by atoms with van der Waals surface area (Å²) in [6.07, 6.45) is 2.24. The first-order valence-electron chi connectivity index (χ1n) is 6.38. The minimum atomic E-state index is -0.829. The Balaban J connectivity index is 2.19. The maximum Gasteiger partial charge on any atom is 0.307 e. The fraction of sp³-hybridized carbons (Fsp3) is 0.571. The van der Waals surface area contributed by atoms with Crippen LogP contribution in [0.4, 0.5) is 0 Å². The third kappa shape index (κ3) is 2.48. The summed E-state index contributed by atoms with van der Waals surface area (Å²) < 4.78 is 0. The number of carboxylic acids is 1. The molecule has 0 aliphatic heterocycles. The van der Waals surface area contributed by atoms with Gasteiger partial charge in [-0.2, -0.15) is 0 Å². The Morgan fingerprint density at radius 1 is 1.33 bits per heavy atom. The molecule has 3 unspecified atom stereocenters. The van der Waals surface area contributed by atoms with E-state index >= 15 is 0 Å². The van der Waals surface area contributed by atoms with Crippen molar-refractivity contribution in [1.29, 1.82) is 0 Å². The molecule has 1 aromatic heterocycles. The second kappa shape index (κ2) is 5.22. The summed E-state index contributed by atoms with van der Waals surface area (Å²) in [5.74, 6) is -1.31. The highest BCUT2D eigenvalue weighted by Crippen LogP contribution is 2.39. The van der Waals surface area contributed by atoms with Gasteiger partial charge in [-0.1, -0.05) is 13.8 Å². The Kier molecular flexibility index (Phi) is 3.85. The summed E-state index contributed by atoms with van der Waals surface area (Å²) in [5, 5.41) is 9.20. The van der Waals surface area contributed by atoms with E-state index in [4.69, 9.17) is 0 Å². The van der Waals surface area contributed by atoms with E-state index in [2.05, 4.69) is 6.92 Å². The van der Waals surface area contributed by atoms with E-state index in [0.29, 0.717) is 18.8 Å². The number of rotatable bonds is 4. The second-order valence-corrected chi connectivity index (χ2v) is 6.28. The molecular weight excluding hydrogens is 248 g/mol. The molecule has 0 spiro atoms. The van der Waals surface area contributed by atoms with Crippen LogP contribution in [0.25, 0.3) is 0 Å². The lowest BCUT2D eigenvalue weighted by Gasteiger charge is -2.12. The Bertz CT molecular complexity index is 463. The van der Waals surface area contributed by atoms with Crippen molar-refractivity contribution >= 4 is 23.1 Å². The van der Waals surface area contributed by atoms with Crippen LogP contribution < -0.4 is 0 Å². The molecule has 1 N–H and O–H groups in total. The van der Waals surface area contributed by atoms with Gasteiger partial charge in [0, 0.05) is 10.8 Å². The fourth-order valence-electron chi connectivity index (χ4n) is 2.74. The number of hydrogen-bond acceptors (Lipinski definition) is 3. The predicted molar refractivity (Wildman–Crippen MR) is 71.0 cm³/mol. The lowest BCUT2D eigenvalue weighted by molar-refractivity contribution is -0.142. The standard InChI is InChI=1S/C14H18O3S/c1-3-9-4-5-12(18-9)13(15)10-6-8(2)7-11(10)14(16)17/h4-5,8,10-11H,3,6-7H2,1-2H3,(H,16,17). The first kappa shape index (κ1) is 13.3. The largest absolute Gasteiger partial charge is 0.481 e. The van der Waals surface area contributed by atoms with Crippen molar-refractivity contribution in [2.24, 2.45) is 17.8 Å². The predicted octanol–water partition coefficient (Wildman–Crippen LogP) is 3.24. The van der Waals surface area contributed by atoms with Crippen LogP contribution in [-0.4, -0.2) is 16.9 Å². The van der Waals surface area contributed by atoms with Gasteiger partial charge in [-0.15, -0.1) is 11.3 Å². The summed E-state index contributed by atoms with van der Waals surface area (Å²) in [6, 6.07) is 3.81. The monoisotopic (exact) mass is 266 g/mol. The van der Waals surface area contributed by atoms with E-state index < -0.39 is 11.9 Å². The number of carboxylic acid groups (broad SMARTS) is 1. The normalized spacial score (nSPS) is 27.3. The molecule has 0 radical (unpaired) electrons. The van der Waals surface area contributed by atoms with Crippen LogP contribution in [0.2, 0.25) is 0 Å². The summed E-state index contributed by atoms with van der Waals surface area (Å²) in [4.78, 5) is 25.5. The van der Waals surface area contributed by atoms with E-state index in [0.717, 1.165) is 11.3 Å². The molecule has 1 fully saturated rings. The third-order valence-electron chi connectivity index (χ3n) is 3.71. The van der Waals surface area contributed by atoms with Gasteiger partial charge in [0.05, 0.1) is 10.8 Å². The molecule has 98 valence electrons. The fourth-order valence-corrected chi connectivity index (χ4v) is 3.69. The van der Waals surface area contributed by atoms with Gasteiger partial charge < -0.3 is 5.11 Å². The molecule has 1 aromatic rings. The van der Waals surface area contributed by atoms with E-state index in [9.17, 15) is 14.7 Å². The van der Waals surface area contributed by atoms with Crippen LogP contribution in [0.15, 0.2) is 12.1 Å². The summed E-state index contributed by atoms with van der Waals surface area (Å²) in [6.45, 7) is 4.08. The second-order valence-electron chi connectivity index (χ2n) is 5.11. The lowest BCUT2D eigenvalue weighted by Crippen LogP contribution is -2.24. The van der Waals surface area contributed by atoms with Crippen molar-refractivity contribution in [3.8, 4) is 0 Å². The maximum atomic E-state index is 12.4. The SMILES string of the molecule is CCc1ccc(C(=O)C2CC(C)CC2C(=O)O)s1. The molecule has 4 heteroatoms. The lowest BCUT2D eigenvalue weighted by atomic mass is 9.91. The highest BCUT2D eigenvalue weighted by Gasteiger charge is 2.41. The van der Waals surface area contributed by atoms with Crippen LogP contribution in [0, 0.1) is 17.8 Å². The zero-order valence-electron chi connectivity index (χ0n) is 10.7. The first-order chi connectivity index (χ1) is 8.52. The van der Waals surface area contributed by atoms with Crippen molar-refractivity contribution in [3.05, 3.63) is 21.9 Å². The molecule has 0 saturated heterocycles. The Morgan fingerprint density at radius 3 is 2.56 bits per heavy atom. The van der Waals surface area contributed by atoms with Crippen LogP contribution in [0.1, 0.15) is 41.2 Å². The minimum Gasteiger partial charge on any atom is -0.481 e. The number of hydrogen-bond donors (Lipinski definition) is 1. The van der Waals surface area contributed by atoms with Gasteiger partial charge in [0.1, 0.15) is 0 Å². The molecule has 3 nitrogen and oxygen atoms in total. The first-order valence-corrected chi connectivity index (χ1v) is 7.20. The average Bonchev–Trinajstić information content (AvgIpc) is 2.94. The number of carbonyl (C=O) groups is 2. The molecular formula is C14H18O3S. The number of aliphatic carboxylic acids is 1. The van der Waals surface area contributed by atoms with Crippen LogP contribution in [-0.2, 0) is 11.2 Å². The van der Waals surface area contributed by atoms with Gasteiger partial charge in [0.15, 0.2) is 5.78 Å². The average molecular weight is 266 g/mol. The Morgan fingerprint density at radius 2 is 2.00 bits per heavy atom. The van der Waals surface area contributed by atoms with E-state index in [-0.39, 0.29) is 11.7 Å². The summed E-state index contributed by atoms with van der Waals surface area (Å²) >= 11 is 1.50. The van der Waals surface area contributed by atoms with Gasteiger partial charge in [0.25, 0.3) is 0 Å². The topological polar surface area (TPSA) is 54.4 Å². The number of ketones is 1. The Labute approximate surface area is 111 Å². The van der Waals surface area contributed by atoms with Gasteiger partial charge in [-0.25, -0.2) is 0 Å². The zero-order valence-corrected chi connectivity index (χ0v) is 11.5. The molecule has 1 aliphatic rings. The number of aryl methyl sites for hydroxylation is 1. The van der Waals surface area contributed by atoms with Crippen molar-refractivity contribution in [1.82, 2.24) is 0 Å². The van der Waals surface area contributed by atoms with Crippen molar-refractivity contribution in [2.45, 2.75) is 33.1 Å². The molecule has 0 aromatic carbocycles. The maximum absolute atomic E-state index is 12.4. The summed E-state index contributed by atoms with van der Waals surface area (Å²) in [7, 11) is 0. The van der Waals surface area contributed by atoms with E-state index in [1.165, 1.54) is 16.2 Å². The number of Topliss-reactive ketones (excluding diaryl/α,β-unsaturated/α-hetero) is 1. The third-order valence-corrected chi connectivity index (χ3v) is 4.95. The smallest absolute Gasteiger partial charge is 0.307 e. The molecule has 3 atom stereocenters. The van der Waals surface area contributed by atoms with Gasteiger partial charge in [-0.05, 0) is 37.3 Å². The molecule has 1 saturated carbocycles. The van der Waals surface area contributed by atoms with Crippen LogP contribution >= 0.6 is 11.3 Å². The van der Waals surface area contributed by atoms with Crippen molar-refractivity contribution < 1.29 is 14.7 Å². The number of thiophene rings is 1. The molecule has 0 bridgehead atoms. The highest BCUT2D eigenvalue weighted by molar-refractivity contribution is 7.14. The van der Waals surface area contributed by atoms with E-state index in [1.807, 2.05) is 19.1 Å². The zero-order chi connectivity index (χ0) is 13.3. The molecule has 2 rings (SSSR count). The van der Waals surface area contributed by atoms with E-state index in [1.54, 1.807) is 0 Å². The van der Waals surface area contributed by atoms with Gasteiger partial charge in [0.2, 0.25) is 0 Å². The molecule has 18 heavy (non-hydrogen) atoms. The van der Waals surface area contributed by atoms with Crippen molar-refractivity contribution in [2.75, 3.05) is 0 Å². The Hall–Kier alpha value is -1.16. The van der Waals surface area contributed by atoms with Gasteiger partial charge in [-0.3, -0.25) is 9.59 Å². The van der Waals surface area contributed by atoms with Crippen LogP contribution in [0.3, 0.4) is 0 Å². The number of carbonyl (C=O) groups excluding carboxylic acids is 1. The van der Waals surface area contributed by atoms with Crippen molar-refractivity contribution in [3.63, 3.8) is 0 Å². The minimum absolute atomic E-state index is 0.0245. The quantitative estimate of drug-likeness (QED) is 0.851. The highest BCUT2D eigenvalue weighted by atomic mass is 32.1. The molecule has 1 heterocycles.